The van der Waals surface area contributed by atoms with E-state index in [1.807, 2.05) is 13.8 Å². The summed E-state index contributed by atoms with van der Waals surface area (Å²) in [4.78, 5) is 12.7. The van der Waals surface area contributed by atoms with Crippen molar-refractivity contribution in [3.8, 4) is 0 Å². The van der Waals surface area contributed by atoms with Crippen LogP contribution in [0.15, 0.2) is 0 Å². The summed E-state index contributed by atoms with van der Waals surface area (Å²) in [6.07, 6.45) is 0.0491. The Bertz CT molecular complexity index is 91.1. The van der Waals surface area contributed by atoms with Crippen LogP contribution in [-0.2, 0) is 9.53 Å². The van der Waals surface area contributed by atoms with E-state index in [-0.39, 0.29) is 33.3 Å². The summed E-state index contributed by atoms with van der Waals surface area (Å²) in [6.45, 7) is 3.73. The molecule has 0 rings (SSSR count). The molecule has 0 unspecified atom stereocenters. The van der Waals surface area contributed by atoms with Crippen LogP contribution in [0.1, 0.15) is 13.8 Å². The zero-order chi connectivity index (χ0) is 7.28. The summed E-state index contributed by atoms with van der Waals surface area (Å²) in [6, 6.07) is 0. The number of rotatable bonds is 3. The molecule has 0 aromatic heterocycles. The number of alkyl halides is 2. The fourth-order valence-corrected chi connectivity index (χ4v) is 1.21. The Morgan fingerprint density at radius 1 is 1.67 bits per heavy atom. The van der Waals surface area contributed by atoms with Crippen molar-refractivity contribution in [1.82, 2.24) is 0 Å². The normalized spacial score (nSPS) is 10.2. The number of ether oxygens (including phenoxy) is 1. The molecule has 0 spiro atoms. The van der Waals surface area contributed by atoms with Gasteiger partial charge in [-0.1, -0.05) is 0 Å². The van der Waals surface area contributed by atoms with Gasteiger partial charge in [0.05, 0.1) is 0 Å². The van der Waals surface area contributed by atoms with E-state index < -0.39 is 0 Å². The average Bonchev–Trinajstić information content (AvgIpc) is 1.63. The Morgan fingerprint density at radius 3 is 2.56 bits per heavy atom. The van der Waals surface area contributed by atoms with Crippen molar-refractivity contribution in [1.29, 1.82) is 0 Å². The van der Waals surface area contributed by atoms with Gasteiger partial charge in [-0.05, 0) is 0 Å². The zero-order valence-corrected chi connectivity index (χ0v) is 8.14. The molecule has 0 saturated carbocycles. The number of carbonyl (C=O) groups excluding carboxylic acids is 1. The molecule has 0 N–H and O–H groups in total. The van der Waals surface area contributed by atoms with E-state index in [2.05, 4.69) is 4.93 Å². The van der Waals surface area contributed by atoms with E-state index in [0.717, 1.165) is 0 Å². The maximum atomic E-state index is 10.7. The Kier molecular flexibility index (Phi) is 5.13. The van der Waals surface area contributed by atoms with Gasteiger partial charge < -0.3 is 0 Å². The van der Waals surface area contributed by atoms with Crippen molar-refractivity contribution < 1.29 is 30.7 Å². The Morgan fingerprint density at radius 2 is 2.22 bits per heavy atom. The molecule has 0 heterocycles. The first kappa shape index (κ1) is 9.20. The van der Waals surface area contributed by atoms with Crippen molar-refractivity contribution in [3.05, 3.63) is 0 Å². The minimum atomic E-state index is -0.0414. The summed E-state index contributed by atoms with van der Waals surface area (Å²) in [7, 11) is 0. The van der Waals surface area contributed by atoms with E-state index >= 15 is 0 Å². The van der Waals surface area contributed by atoms with Gasteiger partial charge in [-0.3, -0.25) is 0 Å². The third-order valence-corrected chi connectivity index (χ3v) is 2.00. The van der Waals surface area contributed by atoms with Crippen LogP contribution in [0.5, 0.6) is 0 Å². The van der Waals surface area contributed by atoms with Gasteiger partial charge in [-0.25, -0.2) is 0 Å². The summed E-state index contributed by atoms with van der Waals surface area (Å²) in [5, 5.41) is 0. The summed E-state index contributed by atoms with van der Waals surface area (Å²) >= 11 is 0.0607. The maximum absolute atomic E-state index is 10.7. The van der Waals surface area contributed by atoms with Crippen molar-refractivity contribution in [2.24, 2.45) is 0 Å². The molecule has 3 heteroatoms. The molecular formula is C6H12IO2-. The van der Waals surface area contributed by atoms with Gasteiger partial charge in [0.2, 0.25) is 0 Å². The van der Waals surface area contributed by atoms with Gasteiger partial charge in [0, 0.05) is 0 Å². The van der Waals surface area contributed by atoms with E-state index in [1.54, 1.807) is 0 Å². The molecule has 0 aromatic rings. The number of carbonyl (C=O) groups is 1. The molecule has 0 aliphatic heterocycles. The van der Waals surface area contributed by atoms with Gasteiger partial charge in [0.15, 0.2) is 0 Å². The minimum absolute atomic E-state index is 0.0414. The van der Waals surface area contributed by atoms with Crippen LogP contribution >= 0.6 is 0 Å². The predicted octanol–water partition coefficient (Wildman–Crippen LogP) is -2.34. The fourth-order valence-electron chi connectivity index (χ4n) is 0.403. The second kappa shape index (κ2) is 5.02. The molecule has 0 radical (unpaired) electrons. The second-order valence-electron chi connectivity index (χ2n) is 1.94. The van der Waals surface area contributed by atoms with Gasteiger partial charge in [0.25, 0.3) is 0 Å². The molecule has 0 aliphatic rings. The van der Waals surface area contributed by atoms with Crippen LogP contribution in [0.3, 0.4) is 0 Å². The van der Waals surface area contributed by atoms with Gasteiger partial charge in [-0.15, -0.1) is 0 Å². The fraction of sp³-hybridized carbons (Fsp3) is 0.833. The molecular weight excluding hydrogens is 231 g/mol. The second-order valence-corrected chi connectivity index (χ2v) is 4.23. The molecule has 0 fully saturated rings. The van der Waals surface area contributed by atoms with E-state index in [4.69, 9.17) is 4.74 Å². The predicted molar refractivity (Wildman–Crippen MR) is 32.0 cm³/mol. The molecule has 0 saturated heterocycles. The average molecular weight is 243 g/mol. The molecule has 0 bridgehead atoms. The number of halogens is 1. The summed E-state index contributed by atoms with van der Waals surface area (Å²) in [5.74, 6) is -0.0414. The molecule has 9 heavy (non-hydrogen) atoms. The summed E-state index contributed by atoms with van der Waals surface area (Å²) < 4.78 is 5.53. The first-order chi connectivity index (χ1) is 4.16. The van der Waals surface area contributed by atoms with Crippen LogP contribution in [0.2, 0.25) is 0 Å². The first-order valence-corrected chi connectivity index (χ1v) is 6.48. The third kappa shape index (κ3) is 6.08. The van der Waals surface area contributed by atoms with Crippen molar-refractivity contribution in [2.45, 2.75) is 20.0 Å². The molecule has 0 aromatic carbocycles. The Hall–Kier alpha value is 0.200. The molecule has 0 amide bonds. The van der Waals surface area contributed by atoms with Crippen molar-refractivity contribution >= 4 is 5.97 Å². The van der Waals surface area contributed by atoms with Gasteiger partial charge in [0.1, 0.15) is 0 Å². The van der Waals surface area contributed by atoms with Crippen LogP contribution in [0.4, 0.5) is 0 Å². The Labute approximate surface area is 66.2 Å². The monoisotopic (exact) mass is 243 g/mol. The first-order valence-electron chi connectivity index (χ1n) is 2.80. The topological polar surface area (TPSA) is 26.3 Å². The standard InChI is InChI=1S/C6H12IO2/c1-5(2)9-6(8)4-7-3/h5H,4H2,1-3H3/q-1. The zero-order valence-electron chi connectivity index (χ0n) is 5.98. The van der Waals surface area contributed by atoms with Crippen LogP contribution in [-0.4, -0.2) is 21.4 Å². The number of hydrogen-bond donors (Lipinski definition) is 0. The molecule has 56 valence electrons. The Balaban J connectivity index is 3.27. The van der Waals surface area contributed by atoms with Crippen LogP contribution < -0.4 is 21.2 Å². The van der Waals surface area contributed by atoms with E-state index in [1.165, 1.54) is 0 Å². The van der Waals surface area contributed by atoms with E-state index in [0.29, 0.717) is 4.43 Å². The third-order valence-electron chi connectivity index (χ3n) is 0.610. The van der Waals surface area contributed by atoms with Crippen LogP contribution in [0.25, 0.3) is 0 Å². The number of esters is 1. The molecule has 0 atom stereocenters. The van der Waals surface area contributed by atoms with Gasteiger partial charge in [-0.2, -0.15) is 0 Å². The quantitative estimate of drug-likeness (QED) is 0.315. The van der Waals surface area contributed by atoms with Gasteiger partial charge >= 0.3 is 66.0 Å². The molecule has 2 nitrogen and oxygen atoms in total. The van der Waals surface area contributed by atoms with Crippen molar-refractivity contribution in [2.75, 3.05) is 9.36 Å². The summed E-state index contributed by atoms with van der Waals surface area (Å²) in [5.41, 5.74) is 0. The SMILES string of the molecule is C[I-]CC(=O)OC(C)C. The van der Waals surface area contributed by atoms with Crippen molar-refractivity contribution in [3.63, 3.8) is 0 Å². The number of hydrogen-bond acceptors (Lipinski definition) is 2. The van der Waals surface area contributed by atoms with E-state index in [9.17, 15) is 4.79 Å². The van der Waals surface area contributed by atoms with Crippen LogP contribution in [0, 0.1) is 0 Å². The molecule has 0 aliphatic carbocycles.